The number of rotatable bonds is 9. The van der Waals surface area contributed by atoms with Gasteiger partial charge in [-0.3, -0.25) is 0 Å². The molecule has 0 bridgehead atoms. The highest BCUT2D eigenvalue weighted by molar-refractivity contribution is 7.17. The number of benzene rings is 1. The van der Waals surface area contributed by atoms with Crippen molar-refractivity contribution in [2.45, 2.75) is 58.4 Å². The lowest BCUT2D eigenvalue weighted by Gasteiger charge is -2.18. The van der Waals surface area contributed by atoms with Gasteiger partial charge in [0, 0.05) is 10.7 Å². The molecular formula is C18H27NS. The molecule has 1 atom stereocenters. The van der Waals surface area contributed by atoms with Crippen LogP contribution in [0.1, 0.15) is 51.5 Å². The highest BCUT2D eigenvalue weighted by Gasteiger charge is 2.11. The Bertz CT molecular complexity index is 503. The van der Waals surface area contributed by atoms with Crippen molar-refractivity contribution >= 4 is 21.4 Å². The van der Waals surface area contributed by atoms with Gasteiger partial charge in [0.1, 0.15) is 0 Å². The first-order chi connectivity index (χ1) is 9.85. The van der Waals surface area contributed by atoms with Crippen LogP contribution in [-0.4, -0.2) is 12.6 Å². The summed E-state index contributed by atoms with van der Waals surface area (Å²) in [6, 6.07) is 9.43. The summed E-state index contributed by atoms with van der Waals surface area (Å²) in [5.41, 5.74) is 1.52. The third-order valence-electron chi connectivity index (χ3n) is 3.87. The SMILES string of the molecule is CCCCCC(Cc1csc2ccccc12)NCCC. The van der Waals surface area contributed by atoms with Crippen molar-refractivity contribution in [2.24, 2.45) is 0 Å². The molecular weight excluding hydrogens is 262 g/mol. The second kappa shape index (κ2) is 8.43. The van der Waals surface area contributed by atoms with E-state index in [9.17, 15) is 0 Å². The molecule has 2 heteroatoms. The van der Waals surface area contributed by atoms with Gasteiger partial charge in [-0.05, 0) is 48.2 Å². The molecule has 0 aliphatic carbocycles. The topological polar surface area (TPSA) is 12.0 Å². The van der Waals surface area contributed by atoms with Crippen LogP contribution >= 0.6 is 11.3 Å². The smallest absolute Gasteiger partial charge is 0.0345 e. The Morgan fingerprint density at radius 1 is 1.10 bits per heavy atom. The largest absolute Gasteiger partial charge is 0.314 e. The van der Waals surface area contributed by atoms with Gasteiger partial charge in [0.15, 0.2) is 0 Å². The van der Waals surface area contributed by atoms with Crippen LogP contribution in [0.2, 0.25) is 0 Å². The molecule has 1 N–H and O–H groups in total. The summed E-state index contributed by atoms with van der Waals surface area (Å²) >= 11 is 1.88. The van der Waals surface area contributed by atoms with E-state index in [1.54, 1.807) is 0 Å². The van der Waals surface area contributed by atoms with Crippen LogP contribution in [0.15, 0.2) is 29.6 Å². The van der Waals surface area contributed by atoms with Crippen LogP contribution in [0.3, 0.4) is 0 Å². The van der Waals surface area contributed by atoms with E-state index < -0.39 is 0 Å². The molecule has 1 nitrogen and oxygen atoms in total. The van der Waals surface area contributed by atoms with E-state index in [2.05, 4.69) is 48.8 Å². The predicted octanol–water partition coefficient (Wildman–Crippen LogP) is 5.39. The second-order valence-corrected chi connectivity index (χ2v) is 6.52. The van der Waals surface area contributed by atoms with Gasteiger partial charge in [-0.2, -0.15) is 0 Å². The van der Waals surface area contributed by atoms with Crippen molar-refractivity contribution in [2.75, 3.05) is 6.54 Å². The zero-order chi connectivity index (χ0) is 14.2. The minimum atomic E-state index is 0.638. The zero-order valence-corrected chi connectivity index (χ0v) is 13.6. The lowest BCUT2D eigenvalue weighted by molar-refractivity contribution is 0.457. The summed E-state index contributed by atoms with van der Waals surface area (Å²) in [5.74, 6) is 0. The van der Waals surface area contributed by atoms with Crippen molar-refractivity contribution < 1.29 is 0 Å². The fourth-order valence-electron chi connectivity index (χ4n) is 2.72. The summed E-state index contributed by atoms with van der Waals surface area (Å²) in [4.78, 5) is 0. The number of nitrogens with one attached hydrogen (secondary N) is 1. The lowest BCUT2D eigenvalue weighted by Crippen LogP contribution is -2.31. The van der Waals surface area contributed by atoms with E-state index in [0.717, 1.165) is 6.54 Å². The number of unbranched alkanes of at least 4 members (excludes halogenated alkanes) is 2. The van der Waals surface area contributed by atoms with Crippen molar-refractivity contribution in [3.63, 3.8) is 0 Å². The molecule has 1 aromatic heterocycles. The van der Waals surface area contributed by atoms with E-state index >= 15 is 0 Å². The second-order valence-electron chi connectivity index (χ2n) is 5.61. The van der Waals surface area contributed by atoms with Crippen LogP contribution in [0.25, 0.3) is 10.1 Å². The van der Waals surface area contributed by atoms with Crippen molar-refractivity contribution in [3.05, 3.63) is 35.2 Å². The molecule has 0 radical (unpaired) electrons. The maximum atomic E-state index is 3.74. The first kappa shape index (κ1) is 15.5. The van der Waals surface area contributed by atoms with Gasteiger partial charge in [-0.1, -0.05) is 51.3 Å². The Morgan fingerprint density at radius 3 is 2.75 bits per heavy atom. The molecule has 1 unspecified atom stereocenters. The van der Waals surface area contributed by atoms with Crippen molar-refractivity contribution in [3.8, 4) is 0 Å². The molecule has 0 saturated heterocycles. The number of thiophene rings is 1. The maximum absolute atomic E-state index is 3.74. The summed E-state index contributed by atoms with van der Waals surface area (Å²) in [5, 5.41) is 7.54. The molecule has 110 valence electrons. The van der Waals surface area contributed by atoms with Crippen LogP contribution < -0.4 is 5.32 Å². The number of hydrogen-bond acceptors (Lipinski definition) is 2. The van der Waals surface area contributed by atoms with Crippen molar-refractivity contribution in [1.82, 2.24) is 5.32 Å². The molecule has 0 amide bonds. The zero-order valence-electron chi connectivity index (χ0n) is 12.8. The Balaban J connectivity index is 2.01. The molecule has 20 heavy (non-hydrogen) atoms. The predicted molar refractivity (Wildman–Crippen MR) is 91.8 cm³/mol. The number of fused-ring (bicyclic) bond motifs is 1. The van der Waals surface area contributed by atoms with Gasteiger partial charge in [0.2, 0.25) is 0 Å². The van der Waals surface area contributed by atoms with Gasteiger partial charge in [-0.15, -0.1) is 11.3 Å². The molecule has 2 rings (SSSR count). The molecule has 1 heterocycles. The van der Waals surface area contributed by atoms with Crippen molar-refractivity contribution in [1.29, 1.82) is 0 Å². The monoisotopic (exact) mass is 289 g/mol. The molecule has 0 aliphatic heterocycles. The van der Waals surface area contributed by atoms with E-state index in [-0.39, 0.29) is 0 Å². The highest BCUT2D eigenvalue weighted by atomic mass is 32.1. The minimum Gasteiger partial charge on any atom is -0.314 e. The molecule has 2 aromatic rings. The third-order valence-corrected chi connectivity index (χ3v) is 4.88. The number of hydrogen-bond donors (Lipinski definition) is 1. The van der Waals surface area contributed by atoms with Crippen LogP contribution in [0, 0.1) is 0 Å². The lowest BCUT2D eigenvalue weighted by atomic mass is 10.00. The van der Waals surface area contributed by atoms with Gasteiger partial charge in [0.05, 0.1) is 0 Å². The van der Waals surface area contributed by atoms with Gasteiger partial charge in [-0.25, -0.2) is 0 Å². The quantitative estimate of drug-likeness (QED) is 0.610. The fourth-order valence-corrected chi connectivity index (χ4v) is 3.70. The average molecular weight is 289 g/mol. The van der Waals surface area contributed by atoms with Gasteiger partial charge >= 0.3 is 0 Å². The summed E-state index contributed by atoms with van der Waals surface area (Å²) in [7, 11) is 0. The maximum Gasteiger partial charge on any atom is 0.0345 e. The van der Waals surface area contributed by atoms with Gasteiger partial charge in [0.25, 0.3) is 0 Å². The molecule has 0 aliphatic rings. The average Bonchev–Trinajstić information content (AvgIpc) is 2.88. The minimum absolute atomic E-state index is 0.638. The molecule has 1 aromatic carbocycles. The Kier molecular flexibility index (Phi) is 6.55. The van der Waals surface area contributed by atoms with E-state index in [1.165, 1.54) is 54.2 Å². The fraction of sp³-hybridized carbons (Fsp3) is 0.556. The Labute approximate surface area is 127 Å². The summed E-state index contributed by atoms with van der Waals surface area (Å²) < 4.78 is 1.42. The molecule has 0 saturated carbocycles. The summed E-state index contributed by atoms with van der Waals surface area (Å²) in [6.45, 7) is 5.66. The standard InChI is InChI=1S/C18H27NS/c1-3-5-6-9-16(19-12-4-2)13-15-14-20-18-11-8-7-10-17(15)18/h7-8,10-11,14,16,19H,3-6,9,12-13H2,1-2H3. The molecule has 0 fully saturated rings. The molecule has 0 spiro atoms. The van der Waals surface area contributed by atoms with E-state index in [1.807, 2.05) is 11.3 Å². The normalized spacial score (nSPS) is 12.9. The summed E-state index contributed by atoms with van der Waals surface area (Å²) in [6.07, 6.45) is 7.71. The van der Waals surface area contributed by atoms with Crippen LogP contribution in [0.5, 0.6) is 0 Å². The Morgan fingerprint density at radius 2 is 1.95 bits per heavy atom. The highest BCUT2D eigenvalue weighted by Crippen LogP contribution is 2.27. The van der Waals surface area contributed by atoms with E-state index in [4.69, 9.17) is 0 Å². The first-order valence-electron chi connectivity index (χ1n) is 8.03. The van der Waals surface area contributed by atoms with E-state index in [0.29, 0.717) is 6.04 Å². The Hall–Kier alpha value is -0.860. The first-order valence-corrected chi connectivity index (χ1v) is 8.91. The van der Waals surface area contributed by atoms with Crippen LogP contribution in [-0.2, 0) is 6.42 Å². The van der Waals surface area contributed by atoms with Gasteiger partial charge < -0.3 is 5.32 Å². The third kappa shape index (κ3) is 4.32. The van der Waals surface area contributed by atoms with Crippen LogP contribution in [0.4, 0.5) is 0 Å².